The molecule has 0 bridgehead atoms. The van der Waals surface area contributed by atoms with Gasteiger partial charge in [0.05, 0.1) is 10.6 Å². The van der Waals surface area contributed by atoms with Gasteiger partial charge in [0.25, 0.3) is 15.9 Å². The van der Waals surface area contributed by atoms with Gasteiger partial charge in [-0.2, -0.15) is 0 Å². The Labute approximate surface area is 149 Å². The first-order valence-electron chi connectivity index (χ1n) is 8.18. The number of anilines is 1. The van der Waals surface area contributed by atoms with Gasteiger partial charge in [-0.3, -0.25) is 9.10 Å². The smallest absolute Gasteiger partial charge is 0.264 e. The minimum atomic E-state index is -3.62. The summed E-state index contributed by atoms with van der Waals surface area (Å²) in [7, 11) is -2.12. The molecule has 0 unspecified atom stereocenters. The highest BCUT2D eigenvalue weighted by Crippen LogP contribution is 2.22. The Balaban J connectivity index is 2.18. The normalized spacial score (nSPS) is 12.7. The number of hydrogen-bond acceptors (Lipinski definition) is 3. The molecule has 0 fully saturated rings. The molecule has 134 valence electrons. The van der Waals surface area contributed by atoms with Crippen molar-refractivity contribution in [2.45, 2.75) is 31.7 Å². The molecule has 0 spiro atoms. The number of amides is 1. The fourth-order valence-electron chi connectivity index (χ4n) is 2.17. The Morgan fingerprint density at radius 3 is 2.04 bits per heavy atom. The lowest BCUT2D eigenvalue weighted by atomic mass is 10.1. The van der Waals surface area contributed by atoms with Crippen LogP contribution in [0.2, 0.25) is 0 Å². The van der Waals surface area contributed by atoms with Crippen LogP contribution < -0.4 is 9.62 Å². The molecule has 1 atom stereocenters. The summed E-state index contributed by atoms with van der Waals surface area (Å²) in [5.74, 6) is 0.173. The molecule has 5 nitrogen and oxygen atoms in total. The zero-order valence-corrected chi connectivity index (χ0v) is 15.7. The number of sulfonamides is 1. The monoisotopic (exact) mass is 360 g/mol. The van der Waals surface area contributed by atoms with Crippen molar-refractivity contribution in [3.05, 3.63) is 60.2 Å². The summed E-state index contributed by atoms with van der Waals surface area (Å²) >= 11 is 0. The molecule has 0 saturated carbocycles. The molecule has 0 aliphatic rings. The van der Waals surface area contributed by atoms with Gasteiger partial charge in [0.2, 0.25) is 0 Å². The van der Waals surface area contributed by atoms with E-state index >= 15 is 0 Å². The molecule has 0 radical (unpaired) electrons. The number of carbonyl (C=O) groups is 1. The maximum atomic E-state index is 12.6. The maximum absolute atomic E-state index is 12.6. The minimum absolute atomic E-state index is 0.0632. The standard InChI is InChI=1S/C19H24N2O3S/c1-14(2)15(3)20-19(22)16-10-12-17(13-11-16)21(4)25(23,24)18-8-6-5-7-9-18/h5-15H,1-4H3,(H,20,22)/t15-/m1/s1. The van der Waals surface area contributed by atoms with Crippen LogP contribution in [-0.2, 0) is 10.0 Å². The number of benzene rings is 2. The zero-order chi connectivity index (χ0) is 18.6. The van der Waals surface area contributed by atoms with Crippen LogP contribution in [0.5, 0.6) is 0 Å². The summed E-state index contributed by atoms with van der Waals surface area (Å²) in [6.07, 6.45) is 0. The number of nitrogens with one attached hydrogen (secondary N) is 1. The summed E-state index contributed by atoms with van der Waals surface area (Å²) in [4.78, 5) is 12.4. The SMILES string of the molecule is CC(C)[C@@H](C)NC(=O)c1ccc(N(C)S(=O)(=O)c2ccccc2)cc1. The van der Waals surface area contributed by atoms with E-state index in [9.17, 15) is 13.2 Å². The quantitative estimate of drug-likeness (QED) is 0.860. The van der Waals surface area contributed by atoms with Crippen molar-refractivity contribution >= 4 is 21.6 Å². The van der Waals surface area contributed by atoms with Crippen LogP contribution >= 0.6 is 0 Å². The van der Waals surface area contributed by atoms with Crippen molar-refractivity contribution < 1.29 is 13.2 Å². The van der Waals surface area contributed by atoms with Crippen molar-refractivity contribution in [1.29, 1.82) is 0 Å². The van der Waals surface area contributed by atoms with E-state index in [1.807, 2.05) is 20.8 Å². The summed E-state index contributed by atoms with van der Waals surface area (Å²) in [5, 5.41) is 2.93. The summed E-state index contributed by atoms with van der Waals surface area (Å²) in [5.41, 5.74) is 0.999. The van der Waals surface area contributed by atoms with Crippen LogP contribution in [0.3, 0.4) is 0 Å². The lowest BCUT2D eigenvalue weighted by Crippen LogP contribution is -2.36. The predicted molar refractivity (Wildman–Crippen MR) is 100 cm³/mol. The minimum Gasteiger partial charge on any atom is -0.349 e. The highest BCUT2D eigenvalue weighted by Gasteiger charge is 2.21. The number of carbonyl (C=O) groups excluding carboxylic acids is 1. The van der Waals surface area contributed by atoms with Gasteiger partial charge in [-0.25, -0.2) is 8.42 Å². The molecular formula is C19H24N2O3S. The van der Waals surface area contributed by atoms with Gasteiger partial charge in [-0.15, -0.1) is 0 Å². The second-order valence-corrected chi connectivity index (χ2v) is 8.31. The zero-order valence-electron chi connectivity index (χ0n) is 14.9. The van der Waals surface area contributed by atoms with Crippen LogP contribution in [0, 0.1) is 5.92 Å². The first-order chi connectivity index (χ1) is 11.7. The fraction of sp³-hybridized carbons (Fsp3) is 0.316. The highest BCUT2D eigenvalue weighted by molar-refractivity contribution is 7.92. The topological polar surface area (TPSA) is 66.5 Å². The van der Waals surface area contributed by atoms with E-state index in [1.54, 1.807) is 54.6 Å². The van der Waals surface area contributed by atoms with E-state index in [2.05, 4.69) is 5.32 Å². The molecule has 0 aromatic heterocycles. The van der Waals surface area contributed by atoms with Gasteiger partial charge in [-0.1, -0.05) is 32.0 Å². The molecule has 0 aliphatic carbocycles. The van der Waals surface area contributed by atoms with Crippen molar-refractivity contribution in [3.63, 3.8) is 0 Å². The lowest BCUT2D eigenvalue weighted by Gasteiger charge is -2.20. The number of hydrogen-bond donors (Lipinski definition) is 1. The molecule has 25 heavy (non-hydrogen) atoms. The average Bonchev–Trinajstić information content (AvgIpc) is 2.61. The summed E-state index contributed by atoms with van der Waals surface area (Å²) in [6.45, 7) is 6.03. The van der Waals surface area contributed by atoms with Crippen LogP contribution in [0.1, 0.15) is 31.1 Å². The van der Waals surface area contributed by atoms with Gasteiger partial charge in [0.1, 0.15) is 0 Å². The van der Waals surface area contributed by atoms with E-state index in [0.717, 1.165) is 0 Å². The van der Waals surface area contributed by atoms with Gasteiger partial charge in [0, 0.05) is 18.7 Å². The summed E-state index contributed by atoms with van der Waals surface area (Å²) < 4.78 is 26.4. The highest BCUT2D eigenvalue weighted by atomic mass is 32.2. The molecule has 0 aliphatic heterocycles. The second kappa shape index (κ2) is 7.70. The van der Waals surface area contributed by atoms with Gasteiger partial charge < -0.3 is 5.32 Å². The third kappa shape index (κ3) is 4.39. The fourth-order valence-corrected chi connectivity index (χ4v) is 3.39. The Morgan fingerprint density at radius 2 is 1.52 bits per heavy atom. The van der Waals surface area contributed by atoms with Crippen LogP contribution in [0.4, 0.5) is 5.69 Å². The van der Waals surface area contributed by atoms with Crippen LogP contribution in [0.25, 0.3) is 0 Å². The Hall–Kier alpha value is -2.34. The average molecular weight is 360 g/mol. The molecule has 2 rings (SSSR count). The molecule has 0 heterocycles. The van der Waals surface area contributed by atoms with Crippen molar-refractivity contribution in [2.75, 3.05) is 11.4 Å². The molecular weight excluding hydrogens is 336 g/mol. The number of rotatable bonds is 6. The van der Waals surface area contributed by atoms with E-state index in [0.29, 0.717) is 17.2 Å². The molecule has 0 saturated heterocycles. The summed E-state index contributed by atoms with van der Waals surface area (Å²) in [6, 6.07) is 14.8. The third-order valence-corrected chi connectivity index (χ3v) is 6.05. The van der Waals surface area contributed by atoms with E-state index < -0.39 is 10.0 Å². The lowest BCUT2D eigenvalue weighted by molar-refractivity contribution is 0.0930. The first-order valence-corrected chi connectivity index (χ1v) is 9.62. The molecule has 1 amide bonds. The molecule has 2 aromatic carbocycles. The molecule has 1 N–H and O–H groups in total. The first kappa shape index (κ1) is 19.0. The largest absolute Gasteiger partial charge is 0.349 e. The molecule has 6 heteroatoms. The van der Waals surface area contributed by atoms with Gasteiger partial charge >= 0.3 is 0 Å². The molecule has 2 aromatic rings. The third-order valence-electron chi connectivity index (χ3n) is 4.25. The van der Waals surface area contributed by atoms with Gasteiger partial charge in [0.15, 0.2) is 0 Å². The second-order valence-electron chi connectivity index (χ2n) is 6.34. The Bertz CT molecular complexity index is 816. The Morgan fingerprint density at radius 1 is 0.960 bits per heavy atom. The Kier molecular flexibility index (Phi) is 5.85. The maximum Gasteiger partial charge on any atom is 0.264 e. The van der Waals surface area contributed by atoms with E-state index in [4.69, 9.17) is 0 Å². The number of nitrogens with zero attached hydrogens (tertiary/aromatic N) is 1. The van der Waals surface area contributed by atoms with Crippen molar-refractivity contribution in [3.8, 4) is 0 Å². The predicted octanol–water partition coefficient (Wildman–Crippen LogP) is 3.29. The van der Waals surface area contributed by atoms with Crippen LogP contribution in [-0.4, -0.2) is 27.4 Å². The van der Waals surface area contributed by atoms with Crippen LogP contribution in [0.15, 0.2) is 59.5 Å². The van der Waals surface area contributed by atoms with Crippen molar-refractivity contribution in [1.82, 2.24) is 5.32 Å². The van der Waals surface area contributed by atoms with Crippen molar-refractivity contribution in [2.24, 2.45) is 5.92 Å². The van der Waals surface area contributed by atoms with Gasteiger partial charge in [-0.05, 0) is 49.2 Å². The van der Waals surface area contributed by atoms with E-state index in [1.165, 1.54) is 11.4 Å². The van der Waals surface area contributed by atoms with E-state index in [-0.39, 0.29) is 16.8 Å².